The van der Waals surface area contributed by atoms with Crippen molar-refractivity contribution in [1.29, 1.82) is 0 Å². The average molecular weight is 235 g/mol. The molecule has 0 fully saturated rings. The Morgan fingerprint density at radius 3 is 3.06 bits per heavy atom. The third-order valence-corrected chi connectivity index (χ3v) is 3.55. The van der Waals surface area contributed by atoms with E-state index in [1.807, 2.05) is 16.9 Å². The highest BCUT2D eigenvalue weighted by Gasteiger charge is 2.04. The molecule has 0 saturated carbocycles. The van der Waals surface area contributed by atoms with Gasteiger partial charge in [0.05, 0.1) is 6.54 Å². The number of anilines is 1. The lowest BCUT2D eigenvalue weighted by atomic mass is 10.3. The van der Waals surface area contributed by atoms with Crippen molar-refractivity contribution in [2.45, 2.75) is 32.9 Å². The topological polar surface area (TPSA) is 29.9 Å². The van der Waals surface area contributed by atoms with Gasteiger partial charge in [0, 0.05) is 23.2 Å². The molecule has 1 atom stereocenters. The van der Waals surface area contributed by atoms with Crippen LogP contribution in [0.3, 0.4) is 0 Å². The van der Waals surface area contributed by atoms with Gasteiger partial charge in [-0.25, -0.2) is 0 Å². The molecular weight excluding hydrogens is 218 g/mol. The predicted octanol–water partition coefficient (Wildman–Crippen LogP) is 3.53. The normalized spacial score (nSPS) is 12.6. The van der Waals surface area contributed by atoms with Crippen LogP contribution >= 0.6 is 11.3 Å². The van der Waals surface area contributed by atoms with E-state index in [1.54, 1.807) is 11.3 Å². The van der Waals surface area contributed by atoms with Crippen LogP contribution in [-0.2, 0) is 6.54 Å². The molecule has 1 unspecified atom stereocenters. The zero-order valence-corrected chi connectivity index (χ0v) is 10.5. The van der Waals surface area contributed by atoms with Crippen LogP contribution in [0.5, 0.6) is 0 Å². The van der Waals surface area contributed by atoms with Crippen LogP contribution in [0, 0.1) is 0 Å². The van der Waals surface area contributed by atoms with Crippen LogP contribution in [-0.4, -0.2) is 9.78 Å². The molecule has 0 saturated heterocycles. The molecule has 2 aromatic heterocycles. The summed E-state index contributed by atoms with van der Waals surface area (Å²) >= 11 is 1.76. The fourth-order valence-electron chi connectivity index (χ4n) is 1.46. The number of nitrogens with one attached hydrogen (secondary N) is 1. The molecule has 86 valence electrons. The molecule has 0 radical (unpaired) electrons. The monoisotopic (exact) mass is 235 g/mol. The minimum absolute atomic E-state index is 0.470. The fourth-order valence-corrected chi connectivity index (χ4v) is 2.10. The summed E-state index contributed by atoms with van der Waals surface area (Å²) in [7, 11) is 0. The quantitative estimate of drug-likeness (QED) is 0.859. The van der Waals surface area contributed by atoms with E-state index < -0.39 is 0 Å². The number of rotatable bonds is 5. The fraction of sp³-hybridized carbons (Fsp3) is 0.417. The molecular formula is C12H17N3S. The Bertz CT molecular complexity index is 419. The van der Waals surface area contributed by atoms with Crippen molar-refractivity contribution < 1.29 is 0 Å². The molecule has 16 heavy (non-hydrogen) atoms. The van der Waals surface area contributed by atoms with E-state index in [4.69, 9.17) is 0 Å². The van der Waals surface area contributed by atoms with Crippen LogP contribution < -0.4 is 5.32 Å². The van der Waals surface area contributed by atoms with Crippen molar-refractivity contribution in [3.05, 3.63) is 34.7 Å². The first kappa shape index (κ1) is 11.2. The van der Waals surface area contributed by atoms with Gasteiger partial charge >= 0.3 is 0 Å². The van der Waals surface area contributed by atoms with Crippen molar-refractivity contribution in [3.63, 3.8) is 0 Å². The van der Waals surface area contributed by atoms with Crippen LogP contribution in [0.25, 0.3) is 0 Å². The molecule has 4 heteroatoms. The molecule has 2 rings (SSSR count). The predicted molar refractivity (Wildman–Crippen MR) is 68.9 cm³/mol. The Balaban J connectivity index is 1.93. The summed E-state index contributed by atoms with van der Waals surface area (Å²) < 4.78 is 2.01. The van der Waals surface area contributed by atoms with E-state index in [1.165, 1.54) is 4.88 Å². The number of hydrogen-bond acceptors (Lipinski definition) is 3. The number of aromatic nitrogens is 2. The second-order valence-electron chi connectivity index (χ2n) is 3.87. The van der Waals surface area contributed by atoms with Gasteiger partial charge in [0.2, 0.25) is 0 Å². The van der Waals surface area contributed by atoms with Crippen molar-refractivity contribution in [1.82, 2.24) is 9.78 Å². The first-order chi connectivity index (χ1) is 7.79. The Hall–Kier alpha value is -1.29. The molecule has 2 heterocycles. The first-order valence-electron chi connectivity index (χ1n) is 5.61. The number of nitrogens with zero attached hydrogens (tertiary/aromatic N) is 2. The molecule has 0 aliphatic carbocycles. The van der Waals surface area contributed by atoms with Gasteiger partial charge in [-0.2, -0.15) is 5.10 Å². The standard InChI is InChI=1S/C12H17N3S/c1-3-10(2)15-7-6-12(14-15)13-9-11-5-4-8-16-11/h4-8,10H,3,9H2,1-2H3,(H,13,14). The van der Waals surface area contributed by atoms with Gasteiger partial charge in [-0.3, -0.25) is 4.68 Å². The SMILES string of the molecule is CCC(C)n1ccc(NCc2cccs2)n1. The smallest absolute Gasteiger partial charge is 0.148 e. The second-order valence-corrected chi connectivity index (χ2v) is 4.90. The maximum Gasteiger partial charge on any atom is 0.148 e. The minimum Gasteiger partial charge on any atom is -0.364 e. The molecule has 0 aliphatic rings. The van der Waals surface area contributed by atoms with E-state index in [2.05, 4.69) is 41.8 Å². The van der Waals surface area contributed by atoms with Gasteiger partial charge < -0.3 is 5.32 Å². The van der Waals surface area contributed by atoms with Gasteiger partial charge in [0.1, 0.15) is 5.82 Å². The maximum atomic E-state index is 4.49. The third kappa shape index (κ3) is 2.64. The average Bonchev–Trinajstić information content (AvgIpc) is 2.96. The summed E-state index contributed by atoms with van der Waals surface area (Å²) in [6.07, 6.45) is 3.14. The van der Waals surface area contributed by atoms with E-state index in [0.29, 0.717) is 6.04 Å². The Morgan fingerprint density at radius 2 is 2.38 bits per heavy atom. The van der Waals surface area contributed by atoms with E-state index >= 15 is 0 Å². The van der Waals surface area contributed by atoms with Gasteiger partial charge in [-0.1, -0.05) is 13.0 Å². The highest BCUT2D eigenvalue weighted by molar-refractivity contribution is 7.09. The summed E-state index contributed by atoms with van der Waals surface area (Å²) in [5, 5.41) is 9.91. The molecule has 0 spiro atoms. The van der Waals surface area contributed by atoms with Gasteiger partial charge in [0.25, 0.3) is 0 Å². The lowest BCUT2D eigenvalue weighted by Gasteiger charge is -2.08. The summed E-state index contributed by atoms with van der Waals surface area (Å²) in [6, 6.07) is 6.69. The molecule has 0 aliphatic heterocycles. The summed E-state index contributed by atoms with van der Waals surface area (Å²) in [5.41, 5.74) is 0. The molecule has 2 aromatic rings. The van der Waals surface area contributed by atoms with Crippen LogP contribution in [0.15, 0.2) is 29.8 Å². The Kier molecular flexibility index (Phi) is 3.62. The summed E-state index contributed by atoms with van der Waals surface area (Å²) in [6.45, 7) is 5.20. The highest BCUT2D eigenvalue weighted by atomic mass is 32.1. The van der Waals surface area contributed by atoms with Crippen LogP contribution in [0.4, 0.5) is 5.82 Å². The van der Waals surface area contributed by atoms with E-state index in [9.17, 15) is 0 Å². The lowest BCUT2D eigenvalue weighted by molar-refractivity contribution is 0.479. The number of thiophene rings is 1. The van der Waals surface area contributed by atoms with Crippen molar-refractivity contribution >= 4 is 17.2 Å². The maximum absolute atomic E-state index is 4.49. The van der Waals surface area contributed by atoms with E-state index in [0.717, 1.165) is 18.8 Å². The second kappa shape index (κ2) is 5.16. The van der Waals surface area contributed by atoms with Crippen LogP contribution in [0.2, 0.25) is 0 Å². The molecule has 1 N–H and O–H groups in total. The third-order valence-electron chi connectivity index (χ3n) is 2.67. The van der Waals surface area contributed by atoms with Gasteiger partial charge in [-0.05, 0) is 24.8 Å². The molecule has 3 nitrogen and oxygen atoms in total. The Labute approximate surface area is 100 Å². The molecule has 0 bridgehead atoms. The van der Waals surface area contributed by atoms with E-state index in [-0.39, 0.29) is 0 Å². The molecule has 0 amide bonds. The van der Waals surface area contributed by atoms with Gasteiger partial charge in [-0.15, -0.1) is 11.3 Å². The summed E-state index contributed by atoms with van der Waals surface area (Å²) in [5.74, 6) is 0.953. The Morgan fingerprint density at radius 1 is 1.50 bits per heavy atom. The van der Waals surface area contributed by atoms with Crippen molar-refractivity contribution in [2.75, 3.05) is 5.32 Å². The minimum atomic E-state index is 0.470. The zero-order valence-electron chi connectivity index (χ0n) is 9.68. The highest BCUT2D eigenvalue weighted by Crippen LogP contribution is 2.14. The summed E-state index contributed by atoms with van der Waals surface area (Å²) in [4.78, 5) is 1.33. The van der Waals surface area contributed by atoms with Crippen molar-refractivity contribution in [2.24, 2.45) is 0 Å². The van der Waals surface area contributed by atoms with Crippen molar-refractivity contribution in [3.8, 4) is 0 Å². The van der Waals surface area contributed by atoms with Crippen LogP contribution in [0.1, 0.15) is 31.2 Å². The first-order valence-corrected chi connectivity index (χ1v) is 6.49. The molecule has 0 aromatic carbocycles. The largest absolute Gasteiger partial charge is 0.364 e. The lowest BCUT2D eigenvalue weighted by Crippen LogP contribution is -2.05. The van der Waals surface area contributed by atoms with Gasteiger partial charge in [0.15, 0.2) is 0 Å². The number of hydrogen-bond donors (Lipinski definition) is 1. The zero-order chi connectivity index (χ0) is 11.4.